The van der Waals surface area contributed by atoms with Gasteiger partial charge in [0.1, 0.15) is 5.71 Å². The highest BCUT2D eigenvalue weighted by atomic mass is 16.1. The van der Waals surface area contributed by atoms with Gasteiger partial charge in [-0.1, -0.05) is 68.5 Å². The fourth-order valence-electron chi connectivity index (χ4n) is 3.02. The molecule has 0 unspecified atom stereocenters. The summed E-state index contributed by atoms with van der Waals surface area (Å²) in [6, 6.07) is 16.0. The molecule has 0 saturated heterocycles. The largest absolute Gasteiger partial charge is 0.388 e. The Morgan fingerprint density at radius 1 is 1.00 bits per heavy atom. The van der Waals surface area contributed by atoms with E-state index in [0.717, 1.165) is 16.8 Å². The first-order chi connectivity index (χ1) is 12.0. The molecule has 1 aliphatic rings. The van der Waals surface area contributed by atoms with Crippen molar-refractivity contribution < 1.29 is 4.79 Å². The summed E-state index contributed by atoms with van der Waals surface area (Å²) in [7, 11) is 1.92. The van der Waals surface area contributed by atoms with Crippen LogP contribution in [-0.2, 0) is 10.2 Å². The first-order valence-electron chi connectivity index (χ1n) is 8.37. The van der Waals surface area contributed by atoms with Crippen molar-refractivity contribution in [2.45, 2.75) is 19.3 Å². The summed E-state index contributed by atoms with van der Waals surface area (Å²) >= 11 is 0. The molecule has 0 fully saturated rings. The van der Waals surface area contributed by atoms with Gasteiger partial charge in [-0.25, -0.2) is 0 Å². The molecule has 0 heterocycles. The molecular weight excluding hydrogens is 308 g/mol. The van der Waals surface area contributed by atoms with Crippen molar-refractivity contribution in [3.8, 4) is 0 Å². The predicted molar refractivity (Wildman–Crippen MR) is 105 cm³/mol. The zero-order valence-electron chi connectivity index (χ0n) is 14.8. The molecule has 0 saturated carbocycles. The summed E-state index contributed by atoms with van der Waals surface area (Å²) < 4.78 is 0. The minimum absolute atomic E-state index is 0.0585. The maximum atomic E-state index is 12.2. The zero-order valence-corrected chi connectivity index (χ0v) is 14.8. The van der Waals surface area contributed by atoms with E-state index >= 15 is 0 Å². The summed E-state index contributed by atoms with van der Waals surface area (Å²) in [5, 5.41) is 3.23. The van der Waals surface area contributed by atoms with Crippen molar-refractivity contribution in [1.82, 2.24) is 0 Å². The second kappa shape index (κ2) is 6.89. The van der Waals surface area contributed by atoms with Crippen molar-refractivity contribution in [2.75, 3.05) is 12.4 Å². The number of hydrogen-bond donors (Lipinski definition) is 1. The third-order valence-corrected chi connectivity index (χ3v) is 4.45. The van der Waals surface area contributed by atoms with Crippen LogP contribution in [0.15, 0.2) is 71.9 Å². The van der Waals surface area contributed by atoms with E-state index in [1.54, 1.807) is 12.3 Å². The number of allylic oxidation sites excluding steroid dienone is 2. The normalized spacial score (nSPS) is 15.6. The van der Waals surface area contributed by atoms with E-state index in [4.69, 9.17) is 0 Å². The topological polar surface area (TPSA) is 41.5 Å². The molecule has 3 nitrogen and oxygen atoms in total. The number of para-hydroxylation sites is 1. The molecule has 3 rings (SSSR count). The van der Waals surface area contributed by atoms with E-state index in [0.29, 0.717) is 5.71 Å². The highest BCUT2D eigenvalue weighted by Gasteiger charge is 2.21. The number of nitrogens with one attached hydrogen (secondary N) is 1. The molecule has 25 heavy (non-hydrogen) atoms. The Hall–Kier alpha value is -2.94. The minimum Gasteiger partial charge on any atom is -0.388 e. The number of carbonyl (C=O) groups is 1. The lowest BCUT2D eigenvalue weighted by atomic mass is 9.83. The van der Waals surface area contributed by atoms with E-state index < -0.39 is 0 Å². The van der Waals surface area contributed by atoms with Crippen LogP contribution in [0.3, 0.4) is 0 Å². The molecule has 1 aliphatic carbocycles. The molecule has 0 bridgehead atoms. The Morgan fingerprint density at radius 3 is 2.52 bits per heavy atom. The highest BCUT2D eigenvalue weighted by molar-refractivity contribution is 6.52. The average molecular weight is 330 g/mol. The molecule has 1 N–H and O–H groups in total. The number of benzene rings is 2. The van der Waals surface area contributed by atoms with Crippen LogP contribution in [0.4, 0.5) is 5.69 Å². The van der Waals surface area contributed by atoms with Crippen LogP contribution < -0.4 is 5.32 Å². The van der Waals surface area contributed by atoms with Crippen LogP contribution in [-0.4, -0.2) is 18.5 Å². The number of fused-ring (bicyclic) bond motifs is 1. The van der Waals surface area contributed by atoms with Gasteiger partial charge in [-0.05, 0) is 23.3 Å². The maximum absolute atomic E-state index is 12.2. The van der Waals surface area contributed by atoms with E-state index in [1.165, 1.54) is 5.56 Å². The first kappa shape index (κ1) is 16.9. The fraction of sp³-hybridized carbons (Fsp3) is 0.182. The minimum atomic E-state index is -0.212. The molecule has 0 spiro atoms. The lowest BCUT2D eigenvalue weighted by Crippen LogP contribution is -2.18. The molecule has 0 aliphatic heterocycles. The Morgan fingerprint density at radius 2 is 1.72 bits per heavy atom. The summed E-state index contributed by atoms with van der Waals surface area (Å²) in [6.07, 6.45) is 7.20. The van der Waals surface area contributed by atoms with Crippen LogP contribution in [0, 0.1) is 0 Å². The zero-order chi connectivity index (χ0) is 17.9. The second-order valence-electron chi connectivity index (χ2n) is 6.60. The molecule has 2 aromatic rings. The fourth-order valence-corrected chi connectivity index (χ4v) is 3.02. The number of ketones is 1. The predicted octanol–water partition coefficient (Wildman–Crippen LogP) is 4.60. The van der Waals surface area contributed by atoms with Gasteiger partial charge in [-0.3, -0.25) is 9.79 Å². The van der Waals surface area contributed by atoms with Gasteiger partial charge in [-0.2, -0.15) is 0 Å². The molecule has 126 valence electrons. The Kier molecular flexibility index (Phi) is 4.66. The average Bonchev–Trinajstić information content (AvgIpc) is 2.63. The van der Waals surface area contributed by atoms with Gasteiger partial charge in [0.15, 0.2) is 0 Å². The van der Waals surface area contributed by atoms with Gasteiger partial charge in [0.25, 0.3) is 0 Å². The van der Waals surface area contributed by atoms with Gasteiger partial charge in [0, 0.05) is 29.9 Å². The molecule has 2 aromatic carbocycles. The quantitative estimate of drug-likeness (QED) is 0.890. The lowest BCUT2D eigenvalue weighted by Gasteiger charge is -2.23. The van der Waals surface area contributed by atoms with Crippen molar-refractivity contribution in [3.05, 3.63) is 83.6 Å². The SMILES string of the molecule is CNc1ccccc1C(C)(C)/C=C/N=C1C(=O)C=Cc2ccccc21. The van der Waals surface area contributed by atoms with Crippen molar-refractivity contribution in [1.29, 1.82) is 0 Å². The lowest BCUT2D eigenvalue weighted by molar-refractivity contribution is -0.108. The molecular formula is C22H22N2O. The second-order valence-corrected chi connectivity index (χ2v) is 6.60. The third-order valence-electron chi connectivity index (χ3n) is 4.45. The molecule has 3 heteroatoms. The van der Waals surface area contributed by atoms with Gasteiger partial charge in [-0.15, -0.1) is 0 Å². The third kappa shape index (κ3) is 3.45. The number of carbonyl (C=O) groups excluding carboxylic acids is 1. The van der Waals surface area contributed by atoms with Crippen LogP contribution in [0.5, 0.6) is 0 Å². The number of anilines is 1. The number of aliphatic imine (C=N–C) groups is 1. The van der Waals surface area contributed by atoms with Crippen LogP contribution >= 0.6 is 0 Å². The summed E-state index contributed by atoms with van der Waals surface area (Å²) in [5.41, 5.74) is 4.46. The monoisotopic (exact) mass is 330 g/mol. The smallest absolute Gasteiger partial charge is 0.204 e. The Labute approximate surface area is 148 Å². The van der Waals surface area contributed by atoms with Gasteiger partial charge in [0.05, 0.1) is 0 Å². The summed E-state index contributed by atoms with van der Waals surface area (Å²) in [4.78, 5) is 16.7. The van der Waals surface area contributed by atoms with Gasteiger partial charge in [0.2, 0.25) is 5.78 Å². The maximum Gasteiger partial charge on any atom is 0.204 e. The van der Waals surface area contributed by atoms with Crippen molar-refractivity contribution in [3.63, 3.8) is 0 Å². The van der Waals surface area contributed by atoms with E-state index in [1.807, 2.05) is 55.6 Å². The van der Waals surface area contributed by atoms with Crippen LogP contribution in [0.25, 0.3) is 6.08 Å². The van der Waals surface area contributed by atoms with Crippen LogP contribution in [0.2, 0.25) is 0 Å². The molecule has 0 atom stereocenters. The number of hydrogen-bond acceptors (Lipinski definition) is 3. The number of rotatable bonds is 4. The molecule has 0 amide bonds. The van der Waals surface area contributed by atoms with Crippen LogP contribution in [0.1, 0.15) is 30.5 Å². The van der Waals surface area contributed by atoms with Gasteiger partial charge >= 0.3 is 0 Å². The van der Waals surface area contributed by atoms with E-state index in [-0.39, 0.29) is 11.2 Å². The Balaban J connectivity index is 1.93. The highest BCUT2D eigenvalue weighted by Crippen LogP contribution is 2.31. The standard InChI is InChI=1S/C22H22N2O/c1-22(2,18-10-6-7-11-19(18)23-3)14-15-24-21-17-9-5-4-8-16(17)12-13-20(21)25/h4-15,23H,1-3H3/b15-14+,24-21?. The number of nitrogens with zero attached hydrogens (tertiary/aromatic N) is 1. The van der Waals surface area contributed by atoms with Gasteiger partial charge < -0.3 is 5.32 Å². The summed E-state index contributed by atoms with van der Waals surface area (Å²) in [5.74, 6) is -0.0585. The first-order valence-corrected chi connectivity index (χ1v) is 8.37. The van der Waals surface area contributed by atoms with Crippen molar-refractivity contribution >= 4 is 23.3 Å². The van der Waals surface area contributed by atoms with Crippen molar-refractivity contribution in [2.24, 2.45) is 4.99 Å². The Bertz CT molecular complexity index is 888. The molecule has 0 aromatic heterocycles. The molecule has 0 radical (unpaired) electrons. The van der Waals surface area contributed by atoms with E-state index in [2.05, 4.69) is 36.3 Å². The summed E-state index contributed by atoms with van der Waals surface area (Å²) in [6.45, 7) is 4.27. The van der Waals surface area contributed by atoms with E-state index in [9.17, 15) is 4.79 Å².